The number of aromatic nitrogens is 1. The van der Waals surface area contributed by atoms with Crippen LogP contribution in [0.3, 0.4) is 0 Å². The molecule has 0 fully saturated rings. The summed E-state index contributed by atoms with van der Waals surface area (Å²) in [6.07, 6.45) is 0.700. The minimum atomic E-state index is -0.920. The molecule has 6 nitrogen and oxygen atoms in total. The highest BCUT2D eigenvalue weighted by Crippen LogP contribution is 2.20. The van der Waals surface area contributed by atoms with Crippen molar-refractivity contribution in [2.75, 3.05) is 5.32 Å². The molecule has 2 heterocycles. The number of nitrogens with zero attached hydrogens (tertiary/aromatic N) is 1. The maximum atomic E-state index is 12.7. The zero-order valence-electron chi connectivity index (χ0n) is 17.4. The van der Waals surface area contributed by atoms with Crippen LogP contribution in [0.15, 0.2) is 47.1 Å². The Balaban J connectivity index is 1.68. The van der Waals surface area contributed by atoms with E-state index < -0.39 is 12.1 Å². The maximum Gasteiger partial charge on any atom is 0.340 e. The summed E-state index contributed by atoms with van der Waals surface area (Å²) in [6.45, 7) is 9.79. The monoisotopic (exact) mass is 394 g/mol. The lowest BCUT2D eigenvalue weighted by Crippen LogP contribution is -2.30. The minimum absolute atomic E-state index is 0.366. The van der Waals surface area contributed by atoms with Crippen LogP contribution in [-0.2, 0) is 16.1 Å². The molecule has 1 atom stereocenters. The van der Waals surface area contributed by atoms with Gasteiger partial charge in [0.1, 0.15) is 5.76 Å². The molecule has 3 aromatic rings. The number of hydrogen-bond donors (Lipinski definition) is 1. The number of esters is 1. The third-order valence-electron chi connectivity index (χ3n) is 4.98. The standard InChI is InChI=1S/C23H26N2O4/c1-14-8-9-21(15(2)11-14)24-22(26)18(5)29-23(27)20-12-16(3)25(17(20)4)13-19-7-6-10-28-19/h6-12,18H,13H2,1-5H3,(H,24,26)/t18-/m0/s1. The Hall–Kier alpha value is -3.28. The largest absolute Gasteiger partial charge is 0.467 e. The predicted molar refractivity (Wildman–Crippen MR) is 111 cm³/mol. The van der Waals surface area contributed by atoms with E-state index in [4.69, 9.17) is 9.15 Å². The first-order valence-electron chi connectivity index (χ1n) is 9.54. The van der Waals surface area contributed by atoms with Gasteiger partial charge in [0.05, 0.1) is 18.4 Å². The third-order valence-corrected chi connectivity index (χ3v) is 4.98. The number of carbonyl (C=O) groups is 2. The van der Waals surface area contributed by atoms with Gasteiger partial charge in [0.15, 0.2) is 6.10 Å². The molecule has 0 unspecified atom stereocenters. The van der Waals surface area contributed by atoms with E-state index in [9.17, 15) is 9.59 Å². The number of hydrogen-bond acceptors (Lipinski definition) is 4. The van der Waals surface area contributed by atoms with Gasteiger partial charge in [-0.05, 0) is 64.4 Å². The molecule has 0 bridgehead atoms. The van der Waals surface area contributed by atoms with Crippen molar-refractivity contribution in [3.05, 3.63) is 76.5 Å². The first-order valence-corrected chi connectivity index (χ1v) is 9.54. The van der Waals surface area contributed by atoms with Gasteiger partial charge in [0, 0.05) is 17.1 Å². The second-order valence-electron chi connectivity index (χ2n) is 7.31. The van der Waals surface area contributed by atoms with E-state index in [1.165, 1.54) is 0 Å². The summed E-state index contributed by atoms with van der Waals surface area (Å²) < 4.78 is 12.8. The van der Waals surface area contributed by atoms with Gasteiger partial charge < -0.3 is 19.0 Å². The predicted octanol–water partition coefficient (Wildman–Crippen LogP) is 4.55. The molecule has 0 aliphatic carbocycles. The van der Waals surface area contributed by atoms with Crippen molar-refractivity contribution in [3.63, 3.8) is 0 Å². The highest BCUT2D eigenvalue weighted by Gasteiger charge is 2.23. The molecule has 2 aromatic heterocycles. The van der Waals surface area contributed by atoms with Crippen molar-refractivity contribution in [1.82, 2.24) is 4.57 Å². The molecule has 0 aliphatic heterocycles. The van der Waals surface area contributed by atoms with E-state index >= 15 is 0 Å². The van der Waals surface area contributed by atoms with Crippen LogP contribution in [0.4, 0.5) is 5.69 Å². The van der Waals surface area contributed by atoms with Crippen molar-refractivity contribution >= 4 is 17.6 Å². The van der Waals surface area contributed by atoms with Gasteiger partial charge >= 0.3 is 5.97 Å². The van der Waals surface area contributed by atoms with E-state index in [0.717, 1.165) is 28.3 Å². The van der Waals surface area contributed by atoms with Crippen molar-refractivity contribution in [3.8, 4) is 0 Å². The second kappa shape index (κ2) is 8.39. The van der Waals surface area contributed by atoms with Crippen LogP contribution >= 0.6 is 0 Å². The summed E-state index contributed by atoms with van der Waals surface area (Å²) in [4.78, 5) is 25.2. The number of rotatable bonds is 6. The van der Waals surface area contributed by atoms with E-state index in [-0.39, 0.29) is 5.91 Å². The number of amides is 1. The summed E-state index contributed by atoms with van der Waals surface area (Å²) in [5, 5.41) is 2.82. The van der Waals surface area contributed by atoms with Crippen LogP contribution in [-0.4, -0.2) is 22.5 Å². The lowest BCUT2D eigenvalue weighted by atomic mass is 10.1. The molecule has 6 heteroatoms. The summed E-state index contributed by atoms with van der Waals surface area (Å²) in [5.41, 5.74) is 4.91. The zero-order chi connectivity index (χ0) is 21.1. The molecule has 0 aliphatic rings. The smallest absolute Gasteiger partial charge is 0.340 e. The lowest BCUT2D eigenvalue weighted by molar-refractivity contribution is -0.123. The zero-order valence-corrected chi connectivity index (χ0v) is 17.4. The van der Waals surface area contributed by atoms with E-state index in [0.29, 0.717) is 17.8 Å². The molecule has 0 spiro atoms. The number of furan rings is 1. The quantitative estimate of drug-likeness (QED) is 0.623. The molecule has 3 rings (SSSR count). The van der Waals surface area contributed by atoms with Gasteiger partial charge in [-0.3, -0.25) is 4.79 Å². The molecule has 1 amide bonds. The number of carbonyl (C=O) groups excluding carboxylic acids is 2. The van der Waals surface area contributed by atoms with Gasteiger partial charge in [0.2, 0.25) is 0 Å². The van der Waals surface area contributed by atoms with Gasteiger partial charge in [-0.15, -0.1) is 0 Å². The molecular weight excluding hydrogens is 368 g/mol. The Bertz CT molecular complexity index is 1030. The fourth-order valence-corrected chi connectivity index (χ4v) is 3.28. The highest BCUT2D eigenvalue weighted by molar-refractivity contribution is 5.98. The van der Waals surface area contributed by atoms with Crippen LogP contribution in [0, 0.1) is 27.7 Å². The lowest BCUT2D eigenvalue weighted by Gasteiger charge is -2.15. The number of aryl methyl sites for hydroxylation is 3. The van der Waals surface area contributed by atoms with E-state index in [1.807, 2.05) is 62.6 Å². The average molecular weight is 394 g/mol. The Morgan fingerprint density at radius 2 is 1.90 bits per heavy atom. The van der Waals surface area contributed by atoms with Gasteiger partial charge in [-0.25, -0.2) is 4.79 Å². The number of benzene rings is 1. The third kappa shape index (κ3) is 4.59. The number of nitrogens with one attached hydrogen (secondary N) is 1. The van der Waals surface area contributed by atoms with Crippen molar-refractivity contribution in [1.29, 1.82) is 0 Å². The molecule has 0 saturated carbocycles. The number of anilines is 1. The molecule has 29 heavy (non-hydrogen) atoms. The summed E-state index contributed by atoms with van der Waals surface area (Å²) in [7, 11) is 0. The van der Waals surface area contributed by atoms with Gasteiger partial charge in [-0.2, -0.15) is 0 Å². The van der Waals surface area contributed by atoms with Crippen LogP contribution in [0.1, 0.15) is 45.6 Å². The normalized spacial score (nSPS) is 11.9. The van der Waals surface area contributed by atoms with E-state index in [1.54, 1.807) is 19.3 Å². The maximum absolute atomic E-state index is 12.7. The van der Waals surface area contributed by atoms with Gasteiger partial charge in [-0.1, -0.05) is 17.7 Å². The Morgan fingerprint density at radius 3 is 2.55 bits per heavy atom. The molecule has 152 valence electrons. The average Bonchev–Trinajstić information content (AvgIpc) is 3.27. The number of ether oxygens (including phenoxy) is 1. The van der Waals surface area contributed by atoms with Crippen LogP contribution < -0.4 is 5.32 Å². The van der Waals surface area contributed by atoms with Gasteiger partial charge in [0.25, 0.3) is 5.91 Å². The molecular formula is C23H26N2O4. The van der Waals surface area contributed by atoms with Crippen LogP contribution in [0.5, 0.6) is 0 Å². The van der Waals surface area contributed by atoms with E-state index in [2.05, 4.69) is 5.32 Å². The topological polar surface area (TPSA) is 73.5 Å². The van der Waals surface area contributed by atoms with Crippen LogP contribution in [0.2, 0.25) is 0 Å². The Kier molecular flexibility index (Phi) is 5.92. The highest BCUT2D eigenvalue weighted by atomic mass is 16.5. The minimum Gasteiger partial charge on any atom is -0.467 e. The summed E-state index contributed by atoms with van der Waals surface area (Å²) >= 11 is 0. The molecule has 0 saturated heterocycles. The fraction of sp³-hybridized carbons (Fsp3) is 0.304. The van der Waals surface area contributed by atoms with Crippen molar-refractivity contribution in [2.45, 2.75) is 47.3 Å². The SMILES string of the molecule is Cc1ccc(NC(=O)[C@H](C)OC(=O)c2cc(C)n(Cc3ccco3)c2C)c(C)c1. The molecule has 0 radical (unpaired) electrons. The molecule has 1 N–H and O–H groups in total. The van der Waals surface area contributed by atoms with Crippen LogP contribution in [0.25, 0.3) is 0 Å². The summed E-state index contributed by atoms with van der Waals surface area (Å²) in [5.74, 6) is -0.0882. The first kappa shape index (κ1) is 20.5. The Labute approximate surface area is 170 Å². The van der Waals surface area contributed by atoms with Crippen molar-refractivity contribution < 1.29 is 18.7 Å². The summed E-state index contributed by atoms with van der Waals surface area (Å²) in [6, 6.07) is 11.2. The molecule has 1 aromatic carbocycles. The fourth-order valence-electron chi connectivity index (χ4n) is 3.28. The Morgan fingerprint density at radius 1 is 1.14 bits per heavy atom. The van der Waals surface area contributed by atoms with Crippen molar-refractivity contribution in [2.24, 2.45) is 0 Å². The first-order chi connectivity index (χ1) is 13.8. The second-order valence-corrected chi connectivity index (χ2v) is 7.31.